The fourth-order valence-corrected chi connectivity index (χ4v) is 3.73. The van der Waals surface area contributed by atoms with E-state index >= 15 is 0 Å². The lowest BCUT2D eigenvalue weighted by Crippen LogP contribution is -2.54. The Bertz CT molecular complexity index is 931. The fourth-order valence-electron chi connectivity index (χ4n) is 3.55. The number of ether oxygens (including phenoxy) is 2. The molecule has 32 heavy (non-hydrogen) atoms. The third-order valence-electron chi connectivity index (χ3n) is 5.37. The smallest absolute Gasteiger partial charge is 0.186 e. The van der Waals surface area contributed by atoms with Crippen LogP contribution >= 0.6 is 11.6 Å². The average Bonchev–Trinajstić information content (AvgIpc) is 2.78. The molecule has 2 aromatic rings. The number of hydrogen-bond acceptors (Lipinski definition) is 7. The lowest BCUT2D eigenvalue weighted by molar-refractivity contribution is -0.292. The second-order valence-corrected chi connectivity index (χ2v) is 8.60. The molecule has 1 aliphatic heterocycles. The molecule has 0 spiro atoms. The van der Waals surface area contributed by atoms with Gasteiger partial charge in [-0.25, -0.2) is 0 Å². The number of benzene rings is 2. The van der Waals surface area contributed by atoms with Crippen molar-refractivity contribution in [1.82, 2.24) is 0 Å². The van der Waals surface area contributed by atoms with Gasteiger partial charge in [0.15, 0.2) is 6.29 Å². The Morgan fingerprint density at radius 3 is 2.38 bits per heavy atom. The third-order valence-corrected chi connectivity index (χ3v) is 5.74. The van der Waals surface area contributed by atoms with E-state index in [2.05, 4.69) is 5.16 Å². The number of halogens is 1. The van der Waals surface area contributed by atoms with Crippen LogP contribution in [0.4, 0.5) is 0 Å². The molecule has 0 amide bonds. The van der Waals surface area contributed by atoms with Crippen LogP contribution in [-0.4, -0.2) is 58.8 Å². The molecule has 0 bridgehead atoms. The van der Waals surface area contributed by atoms with Gasteiger partial charge in [-0.2, -0.15) is 0 Å². The minimum atomic E-state index is -1.39. The molecular formula is C24H30ClNO6. The molecule has 1 fully saturated rings. The molecule has 1 saturated heterocycles. The monoisotopic (exact) mass is 463 g/mol. The number of nitrogens with zero attached hydrogens (tertiary/aromatic N) is 1. The standard InChI is InChI=1S/C24H30ClNO6/c1-13(2)32-26-14(3)16-7-5-15(6-8-16)11-18-12-17(9-10-19(18)25)23-21(28)20(27)22(29)24(30-4)31-23/h5-10,12-13,20-24,27-29H,11H2,1-4H3/t20-,21-,22+,23+,24+/m1/s1. The first-order chi connectivity index (χ1) is 15.2. The maximum Gasteiger partial charge on any atom is 0.186 e. The van der Waals surface area contributed by atoms with E-state index in [1.807, 2.05) is 51.1 Å². The number of aliphatic hydroxyl groups excluding tert-OH is 3. The van der Waals surface area contributed by atoms with Crippen LogP contribution in [0.1, 0.15) is 49.1 Å². The minimum Gasteiger partial charge on any atom is -0.393 e. The van der Waals surface area contributed by atoms with Crippen molar-refractivity contribution >= 4 is 17.3 Å². The molecule has 174 valence electrons. The van der Waals surface area contributed by atoms with Gasteiger partial charge < -0.3 is 29.6 Å². The summed E-state index contributed by atoms with van der Waals surface area (Å²) in [5.41, 5.74) is 4.28. The van der Waals surface area contributed by atoms with Gasteiger partial charge in [-0.15, -0.1) is 0 Å². The molecule has 0 aromatic heterocycles. The molecule has 8 heteroatoms. The SMILES string of the molecule is CO[C@H]1O[C@@H](c2ccc(Cl)c(Cc3ccc(C(C)=NOC(C)C)cc3)c2)[C@H](O)[C@@H](O)[C@@H]1O. The largest absolute Gasteiger partial charge is 0.393 e. The molecule has 1 aliphatic rings. The van der Waals surface area contributed by atoms with E-state index in [-0.39, 0.29) is 6.10 Å². The van der Waals surface area contributed by atoms with Crippen LogP contribution in [-0.2, 0) is 20.7 Å². The number of rotatable bonds is 7. The van der Waals surface area contributed by atoms with Crippen molar-refractivity contribution in [2.24, 2.45) is 5.16 Å². The highest BCUT2D eigenvalue weighted by Crippen LogP contribution is 2.34. The summed E-state index contributed by atoms with van der Waals surface area (Å²) in [6.07, 6.45) is -5.36. The van der Waals surface area contributed by atoms with Gasteiger partial charge in [0.25, 0.3) is 0 Å². The molecule has 0 radical (unpaired) electrons. The zero-order valence-corrected chi connectivity index (χ0v) is 19.4. The number of aliphatic hydroxyl groups is 3. The van der Waals surface area contributed by atoms with Gasteiger partial charge in [0.2, 0.25) is 0 Å². The lowest BCUT2D eigenvalue weighted by atomic mass is 9.92. The summed E-state index contributed by atoms with van der Waals surface area (Å²) in [5.74, 6) is 0. The van der Waals surface area contributed by atoms with Crippen LogP contribution in [0.5, 0.6) is 0 Å². The number of oxime groups is 1. The normalized spacial score (nSPS) is 26.4. The molecule has 0 saturated carbocycles. The van der Waals surface area contributed by atoms with Crippen molar-refractivity contribution < 1.29 is 29.6 Å². The zero-order chi connectivity index (χ0) is 23.4. The van der Waals surface area contributed by atoms with Crippen LogP contribution in [0.25, 0.3) is 0 Å². The van der Waals surface area contributed by atoms with Gasteiger partial charge in [-0.1, -0.05) is 53.2 Å². The summed E-state index contributed by atoms with van der Waals surface area (Å²) in [6.45, 7) is 5.74. The van der Waals surface area contributed by atoms with E-state index < -0.39 is 30.7 Å². The Labute approximate surface area is 193 Å². The topological polar surface area (TPSA) is 101 Å². The highest BCUT2D eigenvalue weighted by Gasteiger charge is 2.44. The van der Waals surface area contributed by atoms with E-state index in [0.717, 1.165) is 22.4 Å². The van der Waals surface area contributed by atoms with Crippen LogP contribution < -0.4 is 0 Å². The lowest BCUT2D eigenvalue weighted by Gasteiger charge is -2.40. The molecule has 7 nitrogen and oxygen atoms in total. The van der Waals surface area contributed by atoms with E-state index in [1.54, 1.807) is 12.1 Å². The van der Waals surface area contributed by atoms with Crippen LogP contribution in [0.3, 0.4) is 0 Å². The summed E-state index contributed by atoms with van der Waals surface area (Å²) >= 11 is 6.43. The summed E-state index contributed by atoms with van der Waals surface area (Å²) in [6, 6.07) is 13.3. The van der Waals surface area contributed by atoms with Gasteiger partial charge in [-0.05, 0) is 55.5 Å². The van der Waals surface area contributed by atoms with Crippen LogP contribution in [0, 0.1) is 0 Å². The maximum atomic E-state index is 10.4. The fraction of sp³-hybridized carbons (Fsp3) is 0.458. The van der Waals surface area contributed by atoms with Crippen molar-refractivity contribution in [1.29, 1.82) is 0 Å². The first-order valence-electron chi connectivity index (χ1n) is 10.5. The van der Waals surface area contributed by atoms with Crippen molar-refractivity contribution in [2.45, 2.75) is 64.0 Å². The van der Waals surface area contributed by atoms with E-state index in [0.29, 0.717) is 17.0 Å². The Morgan fingerprint density at radius 2 is 1.75 bits per heavy atom. The van der Waals surface area contributed by atoms with Crippen molar-refractivity contribution in [2.75, 3.05) is 7.11 Å². The average molecular weight is 464 g/mol. The summed E-state index contributed by atoms with van der Waals surface area (Å²) in [7, 11) is 1.37. The van der Waals surface area contributed by atoms with Gasteiger partial charge in [0, 0.05) is 12.1 Å². The summed E-state index contributed by atoms with van der Waals surface area (Å²) in [4.78, 5) is 5.30. The second-order valence-electron chi connectivity index (χ2n) is 8.19. The Hall–Kier alpha value is -2.00. The van der Waals surface area contributed by atoms with Gasteiger partial charge in [0.05, 0.1) is 5.71 Å². The first kappa shape index (κ1) is 24.6. The van der Waals surface area contributed by atoms with Crippen LogP contribution in [0.15, 0.2) is 47.6 Å². The third kappa shape index (κ3) is 5.67. The predicted molar refractivity (Wildman–Crippen MR) is 122 cm³/mol. The molecule has 3 rings (SSSR count). The molecule has 0 unspecified atom stereocenters. The van der Waals surface area contributed by atoms with Crippen LogP contribution in [0.2, 0.25) is 5.02 Å². The minimum absolute atomic E-state index is 0.0221. The molecular weight excluding hydrogens is 434 g/mol. The Balaban J connectivity index is 1.78. The zero-order valence-electron chi connectivity index (χ0n) is 18.6. The Morgan fingerprint density at radius 1 is 1.06 bits per heavy atom. The predicted octanol–water partition coefficient (Wildman–Crippen LogP) is 3.21. The molecule has 2 aromatic carbocycles. The summed E-state index contributed by atoms with van der Waals surface area (Å²) in [5, 5.41) is 35.3. The van der Waals surface area contributed by atoms with E-state index in [4.69, 9.17) is 25.9 Å². The number of methoxy groups -OCH3 is 1. The van der Waals surface area contributed by atoms with Crippen molar-refractivity contribution in [3.8, 4) is 0 Å². The molecule has 3 N–H and O–H groups in total. The van der Waals surface area contributed by atoms with Crippen molar-refractivity contribution in [3.63, 3.8) is 0 Å². The van der Waals surface area contributed by atoms with E-state index in [1.165, 1.54) is 7.11 Å². The maximum absolute atomic E-state index is 10.4. The van der Waals surface area contributed by atoms with Gasteiger partial charge >= 0.3 is 0 Å². The van der Waals surface area contributed by atoms with E-state index in [9.17, 15) is 15.3 Å². The number of hydrogen-bond donors (Lipinski definition) is 3. The quantitative estimate of drug-likeness (QED) is 0.430. The summed E-state index contributed by atoms with van der Waals surface area (Å²) < 4.78 is 10.8. The van der Waals surface area contributed by atoms with Gasteiger partial charge in [-0.3, -0.25) is 0 Å². The molecule has 5 atom stereocenters. The highest BCUT2D eigenvalue weighted by atomic mass is 35.5. The molecule has 0 aliphatic carbocycles. The second kappa shape index (κ2) is 10.7. The van der Waals surface area contributed by atoms with Crippen molar-refractivity contribution in [3.05, 3.63) is 69.7 Å². The first-order valence-corrected chi connectivity index (χ1v) is 10.9. The van der Waals surface area contributed by atoms with Gasteiger partial charge in [0.1, 0.15) is 30.5 Å². The molecule has 1 heterocycles. The highest BCUT2D eigenvalue weighted by molar-refractivity contribution is 6.31. The Kier molecular flexibility index (Phi) is 8.27.